The molecule has 0 radical (unpaired) electrons. The van der Waals surface area contributed by atoms with Crippen molar-refractivity contribution >= 4 is 6.09 Å². The number of benzene rings is 1. The van der Waals surface area contributed by atoms with Crippen molar-refractivity contribution in [1.82, 2.24) is 0 Å². The number of nitrogens with two attached hydrogens (primary N) is 2. The zero-order chi connectivity index (χ0) is 11.3. The highest BCUT2D eigenvalue weighted by Gasteiger charge is 2.10. The molecule has 0 aromatic heterocycles. The second kappa shape index (κ2) is 6.79. The van der Waals surface area contributed by atoms with Crippen LogP contribution >= 0.6 is 0 Å². The Labute approximate surface area is 94.4 Å². The van der Waals surface area contributed by atoms with Gasteiger partial charge in [0.1, 0.15) is 5.82 Å². The second-order valence-electron chi connectivity index (χ2n) is 3.08. The van der Waals surface area contributed by atoms with Gasteiger partial charge in [0.25, 0.3) is 0 Å². The number of carbonyl (C=O) groups is 1. The summed E-state index contributed by atoms with van der Waals surface area (Å²) in [7, 11) is 0. The highest BCUT2D eigenvalue weighted by Crippen LogP contribution is 2.17. The lowest BCUT2D eigenvalue weighted by atomic mass is 10.0. The van der Waals surface area contributed by atoms with Gasteiger partial charge in [-0.2, -0.15) is 0 Å². The summed E-state index contributed by atoms with van der Waals surface area (Å²) in [6.45, 7) is 0.0881. The monoisotopic (exact) mass is 228 g/mol. The molecule has 0 fully saturated rings. The standard InChI is InChI=1S/C10H13FN2O2.CH4/c11-8-4-2-1-3-7(8)9(12)5-6-15-10(13)14;/h1-4,9H,5-6,12H2,(H2,13,14);1H4. The van der Waals surface area contributed by atoms with Crippen LogP contribution in [0.4, 0.5) is 9.18 Å². The van der Waals surface area contributed by atoms with Crippen LogP contribution in [0.3, 0.4) is 0 Å². The number of halogens is 1. The van der Waals surface area contributed by atoms with Gasteiger partial charge >= 0.3 is 6.09 Å². The first kappa shape index (κ1) is 14.4. The largest absolute Gasteiger partial charge is 0.450 e. The molecule has 4 nitrogen and oxygen atoms in total. The van der Waals surface area contributed by atoms with Crippen molar-refractivity contribution < 1.29 is 13.9 Å². The van der Waals surface area contributed by atoms with Crippen LogP contribution in [-0.2, 0) is 4.74 Å². The molecule has 1 aromatic rings. The molecule has 0 bridgehead atoms. The Balaban J connectivity index is 0.00000225. The normalized spacial score (nSPS) is 11.4. The van der Waals surface area contributed by atoms with Crippen LogP contribution in [0.2, 0.25) is 0 Å². The quantitative estimate of drug-likeness (QED) is 0.826. The van der Waals surface area contributed by atoms with Crippen molar-refractivity contribution in [3.8, 4) is 0 Å². The summed E-state index contributed by atoms with van der Waals surface area (Å²) in [5.74, 6) is -0.357. The summed E-state index contributed by atoms with van der Waals surface area (Å²) in [6, 6.07) is 5.73. The lowest BCUT2D eigenvalue weighted by Gasteiger charge is -2.12. The minimum absolute atomic E-state index is 0. The molecule has 1 unspecified atom stereocenters. The van der Waals surface area contributed by atoms with Crippen LogP contribution in [-0.4, -0.2) is 12.7 Å². The van der Waals surface area contributed by atoms with Crippen molar-refractivity contribution in [2.45, 2.75) is 19.9 Å². The van der Waals surface area contributed by atoms with Crippen molar-refractivity contribution in [2.75, 3.05) is 6.61 Å². The molecule has 5 heteroatoms. The van der Waals surface area contributed by atoms with Crippen LogP contribution in [0.15, 0.2) is 24.3 Å². The molecule has 1 aromatic carbocycles. The predicted octanol–water partition coefficient (Wildman–Crippen LogP) is 1.95. The van der Waals surface area contributed by atoms with E-state index in [9.17, 15) is 9.18 Å². The molecule has 1 rings (SSSR count). The highest BCUT2D eigenvalue weighted by molar-refractivity contribution is 5.64. The van der Waals surface area contributed by atoms with E-state index in [0.717, 1.165) is 0 Å². The minimum Gasteiger partial charge on any atom is -0.450 e. The fourth-order valence-corrected chi connectivity index (χ4v) is 1.22. The van der Waals surface area contributed by atoms with Gasteiger partial charge in [0.15, 0.2) is 0 Å². The van der Waals surface area contributed by atoms with Gasteiger partial charge in [0, 0.05) is 18.0 Å². The number of amides is 1. The lowest BCUT2D eigenvalue weighted by molar-refractivity contribution is 0.152. The zero-order valence-electron chi connectivity index (χ0n) is 8.15. The molecule has 0 saturated heterocycles. The number of carbonyl (C=O) groups excluding carboxylic acids is 1. The van der Waals surface area contributed by atoms with Crippen LogP contribution in [0.5, 0.6) is 0 Å². The molecule has 1 atom stereocenters. The number of primary amides is 1. The molecule has 4 N–H and O–H groups in total. The van der Waals surface area contributed by atoms with Gasteiger partial charge in [-0.25, -0.2) is 9.18 Å². The molecule has 0 aliphatic heterocycles. The van der Waals surface area contributed by atoms with Gasteiger partial charge in [-0.3, -0.25) is 0 Å². The van der Waals surface area contributed by atoms with E-state index in [-0.39, 0.29) is 19.9 Å². The molecule has 0 spiro atoms. The Bertz CT molecular complexity index is 345. The van der Waals surface area contributed by atoms with Gasteiger partial charge in [-0.05, 0) is 6.07 Å². The van der Waals surface area contributed by atoms with E-state index in [1.165, 1.54) is 6.07 Å². The first-order chi connectivity index (χ1) is 7.11. The number of hydrogen-bond acceptors (Lipinski definition) is 3. The van der Waals surface area contributed by atoms with E-state index in [4.69, 9.17) is 11.5 Å². The summed E-state index contributed by atoms with van der Waals surface area (Å²) in [5.41, 5.74) is 10.9. The summed E-state index contributed by atoms with van der Waals surface area (Å²) < 4.78 is 17.7. The molecule has 0 saturated carbocycles. The summed E-state index contributed by atoms with van der Waals surface area (Å²) >= 11 is 0. The van der Waals surface area contributed by atoms with Crippen molar-refractivity contribution in [3.63, 3.8) is 0 Å². The van der Waals surface area contributed by atoms with Gasteiger partial charge in [0.05, 0.1) is 6.61 Å². The summed E-state index contributed by atoms with van der Waals surface area (Å²) in [4.78, 5) is 10.3. The highest BCUT2D eigenvalue weighted by atomic mass is 19.1. The van der Waals surface area contributed by atoms with Gasteiger partial charge < -0.3 is 16.2 Å². The van der Waals surface area contributed by atoms with E-state index < -0.39 is 12.1 Å². The van der Waals surface area contributed by atoms with Gasteiger partial charge in [-0.15, -0.1) is 0 Å². The fraction of sp³-hybridized carbons (Fsp3) is 0.364. The minimum atomic E-state index is -0.851. The third-order valence-corrected chi connectivity index (χ3v) is 1.98. The number of ether oxygens (including phenoxy) is 1. The van der Waals surface area contributed by atoms with E-state index in [1.807, 2.05) is 0 Å². The van der Waals surface area contributed by atoms with Crippen molar-refractivity contribution in [3.05, 3.63) is 35.6 Å². The van der Waals surface area contributed by atoms with Gasteiger partial charge in [0.2, 0.25) is 0 Å². The Morgan fingerprint density at radius 3 is 2.62 bits per heavy atom. The average molecular weight is 228 g/mol. The van der Waals surface area contributed by atoms with Crippen molar-refractivity contribution in [2.24, 2.45) is 11.5 Å². The summed E-state index contributed by atoms with van der Waals surface area (Å²) in [5, 5.41) is 0. The summed E-state index contributed by atoms with van der Waals surface area (Å²) in [6.07, 6.45) is -0.514. The first-order valence-electron chi connectivity index (χ1n) is 4.53. The lowest BCUT2D eigenvalue weighted by Crippen LogP contribution is -2.18. The first-order valence-corrected chi connectivity index (χ1v) is 4.53. The Morgan fingerprint density at radius 2 is 2.06 bits per heavy atom. The molecule has 90 valence electrons. The van der Waals surface area contributed by atoms with Crippen LogP contribution < -0.4 is 11.5 Å². The molecule has 0 heterocycles. The topological polar surface area (TPSA) is 78.3 Å². The average Bonchev–Trinajstić information content (AvgIpc) is 2.17. The van der Waals surface area contributed by atoms with Gasteiger partial charge in [-0.1, -0.05) is 25.6 Å². The third-order valence-electron chi connectivity index (χ3n) is 1.98. The Kier molecular flexibility index (Phi) is 6.10. The van der Waals surface area contributed by atoms with Crippen LogP contribution in [0.1, 0.15) is 25.5 Å². The van der Waals surface area contributed by atoms with E-state index in [1.54, 1.807) is 18.2 Å². The smallest absolute Gasteiger partial charge is 0.404 e. The maximum atomic E-state index is 13.2. The Morgan fingerprint density at radius 1 is 1.44 bits per heavy atom. The van der Waals surface area contributed by atoms with E-state index in [0.29, 0.717) is 12.0 Å². The van der Waals surface area contributed by atoms with E-state index >= 15 is 0 Å². The van der Waals surface area contributed by atoms with Crippen molar-refractivity contribution in [1.29, 1.82) is 0 Å². The number of rotatable bonds is 4. The van der Waals surface area contributed by atoms with Crippen LogP contribution in [0.25, 0.3) is 0 Å². The predicted molar refractivity (Wildman–Crippen MR) is 60.2 cm³/mol. The second-order valence-corrected chi connectivity index (χ2v) is 3.08. The zero-order valence-corrected chi connectivity index (χ0v) is 8.15. The molecule has 1 amide bonds. The van der Waals surface area contributed by atoms with Crippen LogP contribution in [0, 0.1) is 5.82 Å². The maximum absolute atomic E-state index is 13.2. The molecule has 16 heavy (non-hydrogen) atoms. The molecular formula is C11H17FN2O2. The van der Waals surface area contributed by atoms with E-state index in [2.05, 4.69) is 4.74 Å². The Hall–Kier alpha value is -1.62. The maximum Gasteiger partial charge on any atom is 0.404 e. The number of hydrogen-bond donors (Lipinski definition) is 2. The SMILES string of the molecule is C.NC(=O)OCCC(N)c1ccccc1F. The molecule has 0 aliphatic rings. The molecule has 0 aliphatic carbocycles. The fourth-order valence-electron chi connectivity index (χ4n) is 1.22. The molecular weight excluding hydrogens is 211 g/mol. The third kappa shape index (κ3) is 4.27.